The van der Waals surface area contributed by atoms with Crippen LogP contribution in [-0.2, 0) is 14.3 Å². The van der Waals surface area contributed by atoms with Gasteiger partial charge in [0.2, 0.25) is 5.91 Å². The van der Waals surface area contributed by atoms with Crippen LogP contribution in [0, 0.1) is 0 Å². The van der Waals surface area contributed by atoms with Gasteiger partial charge in [0.05, 0.1) is 7.11 Å². The molecule has 0 saturated carbocycles. The van der Waals surface area contributed by atoms with Crippen LogP contribution in [0.1, 0.15) is 12.8 Å². The largest absolute Gasteiger partial charge is 0.468 e. The summed E-state index contributed by atoms with van der Waals surface area (Å²) < 4.78 is 4.47. The molecule has 0 fully saturated rings. The Morgan fingerprint density at radius 3 is 2.50 bits per heavy atom. The van der Waals surface area contributed by atoms with E-state index >= 15 is 0 Å². The Bertz CT molecular complexity index is 384. The lowest BCUT2D eigenvalue weighted by molar-refractivity contribution is -0.142. The van der Waals surface area contributed by atoms with Crippen molar-refractivity contribution in [1.29, 1.82) is 0 Å². The number of benzene rings is 1. The molecule has 0 spiro atoms. The lowest BCUT2D eigenvalue weighted by Crippen LogP contribution is -2.32. The molecule has 0 aliphatic heterocycles. The van der Waals surface area contributed by atoms with Crippen LogP contribution in [0.5, 0.6) is 0 Å². The number of carbonyl (C=O) groups excluding carboxylic acids is 2. The van der Waals surface area contributed by atoms with E-state index in [9.17, 15) is 9.59 Å². The molecule has 1 amide bonds. The maximum Gasteiger partial charge on any atom is 0.322 e. The summed E-state index contributed by atoms with van der Waals surface area (Å²) in [7, 11) is 1.27. The van der Waals surface area contributed by atoms with Crippen molar-refractivity contribution in [2.45, 2.75) is 18.9 Å². The van der Waals surface area contributed by atoms with Gasteiger partial charge in [0, 0.05) is 12.1 Å². The maximum absolute atomic E-state index is 11.5. The van der Waals surface area contributed by atoms with E-state index in [1.807, 2.05) is 18.2 Å². The first-order chi connectivity index (χ1) is 8.13. The molecular weight excluding hydrogens is 256 g/mol. The number of ether oxygens (including phenoxy) is 1. The first-order valence-electron chi connectivity index (χ1n) is 5.32. The fourth-order valence-electron chi connectivity index (χ4n) is 1.30. The van der Waals surface area contributed by atoms with Crippen LogP contribution in [0.15, 0.2) is 30.3 Å². The number of para-hydroxylation sites is 1. The van der Waals surface area contributed by atoms with Gasteiger partial charge in [-0.15, -0.1) is 12.4 Å². The van der Waals surface area contributed by atoms with E-state index in [1.165, 1.54) is 7.11 Å². The van der Waals surface area contributed by atoms with Crippen molar-refractivity contribution in [2.24, 2.45) is 5.73 Å². The lowest BCUT2D eigenvalue weighted by Gasteiger charge is -2.09. The second-order valence-corrected chi connectivity index (χ2v) is 3.58. The minimum Gasteiger partial charge on any atom is -0.468 e. The second kappa shape index (κ2) is 8.49. The molecule has 1 rings (SSSR count). The van der Waals surface area contributed by atoms with Crippen LogP contribution in [0.4, 0.5) is 5.69 Å². The van der Waals surface area contributed by atoms with Crippen LogP contribution in [-0.4, -0.2) is 25.0 Å². The summed E-state index contributed by atoms with van der Waals surface area (Å²) >= 11 is 0. The number of amides is 1. The number of nitrogens with two attached hydrogens (primary N) is 1. The molecule has 0 radical (unpaired) electrons. The van der Waals surface area contributed by atoms with Crippen LogP contribution >= 0.6 is 12.4 Å². The highest BCUT2D eigenvalue weighted by atomic mass is 35.5. The summed E-state index contributed by atoms with van der Waals surface area (Å²) in [5.41, 5.74) is 6.24. The molecule has 1 atom stereocenters. The van der Waals surface area contributed by atoms with Gasteiger partial charge in [0.25, 0.3) is 0 Å². The molecule has 0 bridgehead atoms. The minimum absolute atomic E-state index is 0. The quantitative estimate of drug-likeness (QED) is 0.792. The van der Waals surface area contributed by atoms with E-state index in [2.05, 4.69) is 10.1 Å². The third-order valence-electron chi connectivity index (χ3n) is 2.24. The Balaban J connectivity index is 0.00000289. The normalized spacial score (nSPS) is 11.0. The lowest BCUT2D eigenvalue weighted by atomic mass is 10.1. The molecule has 0 heterocycles. The highest BCUT2D eigenvalue weighted by molar-refractivity contribution is 5.91. The Hall–Kier alpha value is -1.59. The van der Waals surface area contributed by atoms with Crippen LogP contribution in [0.3, 0.4) is 0 Å². The predicted octanol–water partition coefficient (Wildman–Crippen LogP) is 1.33. The third-order valence-corrected chi connectivity index (χ3v) is 2.24. The first-order valence-corrected chi connectivity index (χ1v) is 5.32. The van der Waals surface area contributed by atoms with Gasteiger partial charge in [-0.05, 0) is 18.6 Å². The molecule has 6 heteroatoms. The fraction of sp³-hybridized carbons (Fsp3) is 0.333. The molecule has 3 N–H and O–H groups in total. The van der Waals surface area contributed by atoms with Crippen molar-refractivity contribution in [3.63, 3.8) is 0 Å². The predicted molar refractivity (Wildman–Crippen MR) is 71.5 cm³/mol. The van der Waals surface area contributed by atoms with E-state index in [-0.39, 0.29) is 31.2 Å². The monoisotopic (exact) mass is 272 g/mol. The number of halogens is 1. The standard InChI is InChI=1S/C12H16N2O3.ClH/c1-17-12(16)10(13)7-8-11(15)14-9-5-3-2-4-6-9;/h2-6,10H,7-8,13H2,1H3,(H,14,15);1H. The second-order valence-electron chi connectivity index (χ2n) is 3.58. The van der Waals surface area contributed by atoms with Crippen molar-refractivity contribution in [3.05, 3.63) is 30.3 Å². The van der Waals surface area contributed by atoms with E-state index in [0.29, 0.717) is 0 Å². The summed E-state index contributed by atoms with van der Waals surface area (Å²) in [5, 5.41) is 2.71. The van der Waals surface area contributed by atoms with Crippen molar-refractivity contribution < 1.29 is 14.3 Å². The van der Waals surface area contributed by atoms with Gasteiger partial charge in [-0.2, -0.15) is 0 Å². The molecule has 0 saturated heterocycles. The Morgan fingerprint density at radius 2 is 1.94 bits per heavy atom. The van der Waals surface area contributed by atoms with E-state index in [4.69, 9.17) is 5.73 Å². The number of nitrogens with one attached hydrogen (secondary N) is 1. The number of carbonyl (C=O) groups is 2. The van der Waals surface area contributed by atoms with Crippen molar-refractivity contribution >= 4 is 30.0 Å². The molecule has 100 valence electrons. The minimum atomic E-state index is -0.749. The van der Waals surface area contributed by atoms with Gasteiger partial charge in [-0.25, -0.2) is 0 Å². The highest BCUT2D eigenvalue weighted by Crippen LogP contribution is 2.06. The van der Waals surface area contributed by atoms with Crippen LogP contribution < -0.4 is 11.1 Å². The van der Waals surface area contributed by atoms with Gasteiger partial charge >= 0.3 is 5.97 Å². The Morgan fingerprint density at radius 1 is 1.33 bits per heavy atom. The average molecular weight is 273 g/mol. The van der Waals surface area contributed by atoms with Gasteiger partial charge in [-0.1, -0.05) is 18.2 Å². The number of esters is 1. The number of hydrogen-bond donors (Lipinski definition) is 2. The SMILES string of the molecule is COC(=O)C(N)CCC(=O)Nc1ccccc1.Cl. The van der Waals surface area contributed by atoms with E-state index in [0.717, 1.165) is 5.69 Å². The number of hydrogen-bond acceptors (Lipinski definition) is 4. The van der Waals surface area contributed by atoms with Crippen molar-refractivity contribution in [1.82, 2.24) is 0 Å². The van der Waals surface area contributed by atoms with E-state index in [1.54, 1.807) is 12.1 Å². The Labute approximate surface area is 112 Å². The van der Waals surface area contributed by atoms with Crippen LogP contribution in [0.25, 0.3) is 0 Å². The third kappa shape index (κ3) is 5.65. The topological polar surface area (TPSA) is 81.4 Å². The van der Waals surface area contributed by atoms with Gasteiger partial charge < -0.3 is 15.8 Å². The number of methoxy groups -OCH3 is 1. The molecule has 1 unspecified atom stereocenters. The van der Waals surface area contributed by atoms with Gasteiger partial charge in [0.15, 0.2) is 0 Å². The number of anilines is 1. The summed E-state index contributed by atoms with van der Waals surface area (Å²) in [6.45, 7) is 0. The molecule has 0 aromatic heterocycles. The zero-order valence-corrected chi connectivity index (χ0v) is 10.9. The van der Waals surface area contributed by atoms with Crippen molar-refractivity contribution in [2.75, 3.05) is 12.4 Å². The van der Waals surface area contributed by atoms with E-state index < -0.39 is 12.0 Å². The molecule has 1 aromatic carbocycles. The average Bonchev–Trinajstić information content (AvgIpc) is 2.36. The summed E-state index contributed by atoms with van der Waals surface area (Å²) in [4.78, 5) is 22.5. The zero-order valence-electron chi connectivity index (χ0n) is 10.1. The maximum atomic E-state index is 11.5. The molecule has 5 nitrogen and oxygen atoms in total. The molecule has 0 aliphatic rings. The van der Waals surface area contributed by atoms with Crippen LogP contribution in [0.2, 0.25) is 0 Å². The summed E-state index contributed by atoms with van der Waals surface area (Å²) in [5.74, 6) is -0.673. The number of rotatable bonds is 5. The Kier molecular flexibility index (Phi) is 7.74. The highest BCUT2D eigenvalue weighted by Gasteiger charge is 2.15. The smallest absolute Gasteiger partial charge is 0.322 e. The fourth-order valence-corrected chi connectivity index (χ4v) is 1.30. The van der Waals surface area contributed by atoms with Gasteiger partial charge in [0.1, 0.15) is 6.04 Å². The summed E-state index contributed by atoms with van der Waals surface area (Å²) in [6, 6.07) is 8.35. The molecule has 1 aromatic rings. The summed E-state index contributed by atoms with van der Waals surface area (Å²) in [6.07, 6.45) is 0.455. The zero-order chi connectivity index (χ0) is 12.7. The van der Waals surface area contributed by atoms with Gasteiger partial charge in [-0.3, -0.25) is 9.59 Å². The molecular formula is C12H17ClN2O3. The van der Waals surface area contributed by atoms with Crippen molar-refractivity contribution in [3.8, 4) is 0 Å². The first kappa shape index (κ1) is 16.4. The molecule has 18 heavy (non-hydrogen) atoms. The molecule has 0 aliphatic carbocycles.